The van der Waals surface area contributed by atoms with E-state index in [1.54, 1.807) is 36.8 Å². The average Bonchev–Trinajstić information content (AvgIpc) is 3.20. The molecule has 0 unspecified atom stereocenters. The van der Waals surface area contributed by atoms with E-state index in [-0.39, 0.29) is 24.7 Å². The lowest BCUT2D eigenvalue weighted by Gasteiger charge is -2.11. The number of nitrogens with zero attached hydrogens (tertiary/aromatic N) is 2. The number of carbonyl (C=O) groups excluding carboxylic acids is 2. The number of ketones is 2. The van der Waals surface area contributed by atoms with Crippen LogP contribution in [0.25, 0.3) is 0 Å². The fraction of sp³-hybridized carbons (Fsp3) is 0.292. The van der Waals surface area contributed by atoms with Crippen LogP contribution in [0.3, 0.4) is 0 Å². The highest BCUT2D eigenvalue weighted by Gasteiger charge is 2.19. The van der Waals surface area contributed by atoms with Crippen LogP contribution in [-0.4, -0.2) is 41.8 Å². The van der Waals surface area contributed by atoms with Gasteiger partial charge in [0, 0.05) is 24.1 Å². The summed E-state index contributed by atoms with van der Waals surface area (Å²) >= 11 is 1.79. The van der Waals surface area contributed by atoms with Crippen molar-refractivity contribution < 1.29 is 9.59 Å². The van der Waals surface area contributed by atoms with Gasteiger partial charge in [0.25, 0.3) is 0 Å². The van der Waals surface area contributed by atoms with Crippen LogP contribution in [0.2, 0.25) is 0 Å². The van der Waals surface area contributed by atoms with Gasteiger partial charge in [-0.05, 0) is 30.7 Å². The van der Waals surface area contributed by atoms with Crippen LogP contribution in [0.15, 0.2) is 65.8 Å². The Morgan fingerprint density at radius 2 is 1.77 bits per heavy atom. The number of hydrogen-bond donors (Lipinski definition) is 2. The van der Waals surface area contributed by atoms with E-state index < -0.39 is 0 Å². The number of imidazole rings is 1. The van der Waals surface area contributed by atoms with E-state index in [2.05, 4.69) is 39.9 Å². The van der Waals surface area contributed by atoms with Gasteiger partial charge in [-0.1, -0.05) is 48.5 Å². The fourth-order valence-corrected chi connectivity index (χ4v) is 4.40. The van der Waals surface area contributed by atoms with Gasteiger partial charge in [0.15, 0.2) is 17.4 Å². The number of Topliss-reactive ketones (excluding diaryl/α,β-unsaturated/α-hetero) is 2. The Labute approximate surface area is 187 Å². The smallest absolute Gasteiger partial charge is 0.196 e. The molecule has 0 amide bonds. The van der Waals surface area contributed by atoms with Crippen LogP contribution in [0.4, 0.5) is 5.82 Å². The van der Waals surface area contributed by atoms with Crippen molar-refractivity contribution >= 4 is 29.1 Å². The van der Waals surface area contributed by atoms with E-state index in [1.807, 2.05) is 30.3 Å². The molecule has 31 heavy (non-hydrogen) atoms. The zero-order valence-corrected chi connectivity index (χ0v) is 18.7. The normalized spacial score (nSPS) is 10.8. The van der Waals surface area contributed by atoms with Crippen molar-refractivity contribution in [3.8, 4) is 0 Å². The van der Waals surface area contributed by atoms with Gasteiger partial charge in [0.05, 0.1) is 19.4 Å². The molecule has 2 N–H and O–H groups in total. The summed E-state index contributed by atoms with van der Waals surface area (Å²) in [7, 11) is 3.44. The van der Waals surface area contributed by atoms with Crippen molar-refractivity contribution in [3.05, 3.63) is 77.7 Å². The van der Waals surface area contributed by atoms with Crippen LogP contribution in [-0.2, 0) is 23.5 Å². The standard InChI is InChI=1S/C24H28N4O2S/c1-25-14-21(30)23-24(26-2)27-17-28(23)15-20(29)13-12-19-10-6-7-11-22(19)31-16-18-8-4-3-5-9-18/h3-11,17,25-26H,12-16H2,1-2H3. The summed E-state index contributed by atoms with van der Waals surface area (Å²) in [6.45, 7) is 0.333. The van der Waals surface area contributed by atoms with E-state index in [0.29, 0.717) is 24.4 Å². The van der Waals surface area contributed by atoms with Crippen molar-refractivity contribution in [1.29, 1.82) is 0 Å². The van der Waals surface area contributed by atoms with Crippen LogP contribution in [0.1, 0.15) is 28.0 Å². The minimum absolute atomic E-state index is 0.0708. The third-order valence-electron chi connectivity index (χ3n) is 4.91. The summed E-state index contributed by atoms with van der Waals surface area (Å²) in [5, 5.41) is 5.79. The second-order valence-electron chi connectivity index (χ2n) is 7.19. The van der Waals surface area contributed by atoms with E-state index in [4.69, 9.17) is 0 Å². The summed E-state index contributed by atoms with van der Waals surface area (Å²) in [6, 6.07) is 18.6. The topological polar surface area (TPSA) is 76.0 Å². The van der Waals surface area contributed by atoms with Crippen molar-refractivity contribution in [3.63, 3.8) is 0 Å². The van der Waals surface area contributed by atoms with Crippen molar-refractivity contribution in [2.45, 2.75) is 30.0 Å². The molecule has 1 aromatic heterocycles. The Kier molecular flexibility index (Phi) is 8.44. The molecule has 7 heteroatoms. The lowest BCUT2D eigenvalue weighted by molar-refractivity contribution is -0.119. The monoisotopic (exact) mass is 436 g/mol. The summed E-state index contributed by atoms with van der Waals surface area (Å²) in [5.41, 5.74) is 2.88. The average molecular weight is 437 g/mol. The summed E-state index contributed by atoms with van der Waals surface area (Å²) in [6.07, 6.45) is 2.64. The molecule has 162 valence electrons. The highest BCUT2D eigenvalue weighted by Crippen LogP contribution is 2.27. The molecular weight excluding hydrogens is 408 g/mol. The molecule has 0 aliphatic heterocycles. The van der Waals surface area contributed by atoms with Crippen molar-refractivity contribution in [2.24, 2.45) is 0 Å². The van der Waals surface area contributed by atoms with Crippen molar-refractivity contribution in [1.82, 2.24) is 14.9 Å². The zero-order chi connectivity index (χ0) is 22.1. The lowest BCUT2D eigenvalue weighted by Crippen LogP contribution is -2.23. The van der Waals surface area contributed by atoms with Gasteiger partial charge in [-0.25, -0.2) is 4.98 Å². The first-order chi connectivity index (χ1) is 15.1. The van der Waals surface area contributed by atoms with Gasteiger partial charge in [0.1, 0.15) is 5.69 Å². The Hall–Kier alpha value is -2.90. The maximum Gasteiger partial charge on any atom is 0.196 e. The number of likely N-dealkylation sites (N-methyl/N-ethyl adjacent to an activating group) is 1. The molecule has 0 aliphatic rings. The first-order valence-corrected chi connectivity index (χ1v) is 11.3. The molecule has 0 saturated carbocycles. The van der Waals surface area contributed by atoms with Crippen molar-refractivity contribution in [2.75, 3.05) is 26.0 Å². The second-order valence-corrected chi connectivity index (χ2v) is 8.21. The largest absolute Gasteiger partial charge is 0.371 e. The quantitative estimate of drug-likeness (QED) is 0.332. The minimum atomic E-state index is -0.0974. The molecule has 1 heterocycles. The number of aryl methyl sites for hydroxylation is 1. The maximum absolute atomic E-state index is 12.7. The van der Waals surface area contributed by atoms with Crippen LogP contribution < -0.4 is 10.6 Å². The van der Waals surface area contributed by atoms with E-state index in [9.17, 15) is 9.59 Å². The van der Waals surface area contributed by atoms with E-state index >= 15 is 0 Å². The molecular formula is C24H28N4O2S. The Bertz CT molecular complexity index is 1020. The van der Waals surface area contributed by atoms with Gasteiger partial charge >= 0.3 is 0 Å². The van der Waals surface area contributed by atoms with Crippen LogP contribution in [0.5, 0.6) is 0 Å². The fourth-order valence-electron chi connectivity index (χ4n) is 3.35. The molecule has 0 fully saturated rings. The number of aromatic nitrogens is 2. The molecule has 2 aromatic carbocycles. The third kappa shape index (κ3) is 6.29. The summed E-state index contributed by atoms with van der Waals surface area (Å²) in [4.78, 5) is 30.5. The van der Waals surface area contributed by atoms with Crippen LogP contribution >= 0.6 is 11.8 Å². The molecule has 0 aliphatic carbocycles. The Morgan fingerprint density at radius 3 is 2.52 bits per heavy atom. The van der Waals surface area contributed by atoms with E-state index in [0.717, 1.165) is 5.75 Å². The second kappa shape index (κ2) is 11.5. The molecule has 3 rings (SSSR count). The molecule has 3 aromatic rings. The molecule has 0 saturated heterocycles. The zero-order valence-electron chi connectivity index (χ0n) is 17.9. The van der Waals surface area contributed by atoms with Gasteiger partial charge in [-0.15, -0.1) is 11.8 Å². The van der Waals surface area contributed by atoms with Gasteiger partial charge in [-0.3, -0.25) is 9.59 Å². The number of anilines is 1. The highest BCUT2D eigenvalue weighted by atomic mass is 32.2. The lowest BCUT2D eigenvalue weighted by atomic mass is 10.1. The summed E-state index contributed by atoms with van der Waals surface area (Å²) < 4.78 is 1.64. The first kappa shape index (κ1) is 22.8. The van der Waals surface area contributed by atoms with Gasteiger partial charge in [0.2, 0.25) is 0 Å². The predicted molar refractivity (Wildman–Crippen MR) is 126 cm³/mol. The molecule has 0 bridgehead atoms. The first-order valence-electron chi connectivity index (χ1n) is 10.3. The van der Waals surface area contributed by atoms with Crippen LogP contribution in [0, 0.1) is 0 Å². The molecule has 0 atom stereocenters. The molecule has 0 radical (unpaired) electrons. The van der Waals surface area contributed by atoms with E-state index in [1.165, 1.54) is 16.0 Å². The number of rotatable bonds is 12. The maximum atomic E-state index is 12.7. The minimum Gasteiger partial charge on any atom is -0.371 e. The number of thioether (sulfide) groups is 1. The molecule has 6 nitrogen and oxygen atoms in total. The number of nitrogens with one attached hydrogen (secondary N) is 2. The SMILES string of the molecule is CNCC(=O)c1c(NC)ncn1CC(=O)CCc1ccccc1SCc1ccccc1. The Balaban J connectivity index is 1.62. The van der Waals surface area contributed by atoms with Gasteiger partial charge < -0.3 is 15.2 Å². The highest BCUT2D eigenvalue weighted by molar-refractivity contribution is 7.98. The van der Waals surface area contributed by atoms with Gasteiger partial charge in [-0.2, -0.15) is 0 Å². The third-order valence-corrected chi connectivity index (χ3v) is 6.09. The Morgan fingerprint density at radius 1 is 1.03 bits per heavy atom. The number of hydrogen-bond acceptors (Lipinski definition) is 6. The predicted octanol–water partition coefficient (Wildman–Crippen LogP) is 3.82. The summed E-state index contributed by atoms with van der Waals surface area (Å²) in [5.74, 6) is 1.36. The number of benzene rings is 2. The molecule has 0 spiro atoms. The number of carbonyl (C=O) groups is 2.